The van der Waals surface area contributed by atoms with Crippen LogP contribution in [-0.2, 0) is 17.7 Å². The average Bonchev–Trinajstić information content (AvgIpc) is 2.73. The molecule has 0 aromatic carbocycles. The van der Waals surface area contributed by atoms with Gasteiger partial charge in [-0.2, -0.15) is 0 Å². The van der Waals surface area contributed by atoms with Crippen molar-refractivity contribution in [3.8, 4) is 0 Å². The van der Waals surface area contributed by atoms with Gasteiger partial charge in [-0.25, -0.2) is 9.55 Å². The van der Waals surface area contributed by atoms with Crippen LogP contribution in [0.15, 0.2) is 12.4 Å². The summed E-state index contributed by atoms with van der Waals surface area (Å²) in [5.41, 5.74) is 0. The molecule has 1 aromatic heterocycles. The number of ether oxygens (including phenoxy) is 1. The molecule has 0 unspecified atom stereocenters. The summed E-state index contributed by atoms with van der Waals surface area (Å²) in [5.74, 6) is 1.28. The number of imidazole rings is 1. The van der Waals surface area contributed by atoms with Gasteiger partial charge in [0.2, 0.25) is 0 Å². The molecule has 3 nitrogen and oxygen atoms in total. The minimum absolute atomic E-state index is 0.803. The zero-order valence-electron chi connectivity index (χ0n) is 10.7. The number of unbranched alkanes of at least 4 members (excludes halogenated alkanes) is 3. The topological polar surface area (TPSA) is 28.9 Å². The molecule has 1 aromatic rings. The van der Waals surface area contributed by atoms with Crippen LogP contribution in [0.2, 0.25) is 0 Å². The number of nitrogens with one attached hydrogen (secondary N) is 1. The van der Waals surface area contributed by atoms with Crippen molar-refractivity contribution in [2.75, 3.05) is 13.2 Å². The first-order valence-electron chi connectivity index (χ1n) is 6.52. The lowest BCUT2D eigenvalue weighted by molar-refractivity contribution is -0.703. The van der Waals surface area contributed by atoms with E-state index in [9.17, 15) is 0 Å². The summed E-state index contributed by atoms with van der Waals surface area (Å²) in [4.78, 5) is 3.29. The molecule has 0 fully saturated rings. The van der Waals surface area contributed by atoms with Gasteiger partial charge in [-0.1, -0.05) is 19.8 Å². The Morgan fingerprint density at radius 3 is 2.88 bits per heavy atom. The number of rotatable bonds is 9. The van der Waals surface area contributed by atoms with Crippen LogP contribution in [0.25, 0.3) is 0 Å². The number of aryl methyl sites for hydroxylation is 1. The van der Waals surface area contributed by atoms with Crippen molar-refractivity contribution >= 4 is 0 Å². The van der Waals surface area contributed by atoms with E-state index in [1.54, 1.807) is 0 Å². The van der Waals surface area contributed by atoms with E-state index in [2.05, 4.69) is 22.7 Å². The van der Waals surface area contributed by atoms with E-state index >= 15 is 0 Å². The molecule has 0 saturated heterocycles. The van der Waals surface area contributed by atoms with E-state index in [1.807, 2.05) is 13.1 Å². The maximum absolute atomic E-state index is 5.37. The van der Waals surface area contributed by atoms with Crippen LogP contribution in [0.3, 0.4) is 0 Å². The minimum Gasteiger partial charge on any atom is -0.381 e. The highest BCUT2D eigenvalue weighted by atomic mass is 16.5. The largest absolute Gasteiger partial charge is 0.381 e. The molecule has 0 atom stereocenters. The molecule has 1 heterocycles. The average molecular weight is 225 g/mol. The number of aromatic nitrogens is 2. The van der Waals surface area contributed by atoms with Crippen LogP contribution in [0.1, 0.15) is 45.4 Å². The van der Waals surface area contributed by atoms with E-state index in [0.717, 1.165) is 26.2 Å². The SMILES string of the molecule is CCCCCC[n+]1cc[nH]c1CCOCC. The molecule has 0 aliphatic heterocycles. The third-order valence-corrected chi connectivity index (χ3v) is 2.79. The predicted octanol–water partition coefficient (Wildman–Crippen LogP) is 2.46. The fourth-order valence-corrected chi connectivity index (χ4v) is 1.84. The molecule has 0 spiro atoms. The van der Waals surface area contributed by atoms with Gasteiger partial charge in [0, 0.05) is 6.61 Å². The van der Waals surface area contributed by atoms with Crippen molar-refractivity contribution in [3.05, 3.63) is 18.2 Å². The summed E-state index contributed by atoms with van der Waals surface area (Å²) in [5, 5.41) is 0. The van der Waals surface area contributed by atoms with E-state index in [0.29, 0.717) is 0 Å². The molecular formula is C13H25N2O+. The smallest absolute Gasteiger partial charge is 0.256 e. The second-order valence-corrected chi connectivity index (χ2v) is 4.11. The molecular weight excluding hydrogens is 200 g/mol. The number of aromatic amines is 1. The molecule has 92 valence electrons. The Bertz CT molecular complexity index is 271. The summed E-state index contributed by atoms with van der Waals surface area (Å²) < 4.78 is 7.69. The molecule has 0 aliphatic carbocycles. The summed E-state index contributed by atoms with van der Waals surface area (Å²) in [6.45, 7) is 7.03. The summed E-state index contributed by atoms with van der Waals surface area (Å²) in [6, 6.07) is 0. The first kappa shape index (κ1) is 13.2. The van der Waals surface area contributed by atoms with Gasteiger partial charge in [0.1, 0.15) is 12.4 Å². The van der Waals surface area contributed by atoms with Crippen LogP contribution >= 0.6 is 0 Å². The van der Waals surface area contributed by atoms with Crippen molar-refractivity contribution < 1.29 is 9.30 Å². The number of nitrogens with zero attached hydrogens (tertiary/aromatic N) is 1. The van der Waals surface area contributed by atoms with Gasteiger partial charge in [-0.3, -0.25) is 0 Å². The van der Waals surface area contributed by atoms with Crippen LogP contribution in [0.4, 0.5) is 0 Å². The molecule has 0 saturated carbocycles. The van der Waals surface area contributed by atoms with Gasteiger partial charge < -0.3 is 4.74 Å². The zero-order valence-corrected chi connectivity index (χ0v) is 10.7. The fourth-order valence-electron chi connectivity index (χ4n) is 1.84. The molecule has 1 N–H and O–H groups in total. The molecule has 0 amide bonds. The quantitative estimate of drug-likeness (QED) is 0.507. The van der Waals surface area contributed by atoms with Gasteiger partial charge in [0.05, 0.1) is 19.6 Å². The fraction of sp³-hybridized carbons (Fsp3) is 0.769. The van der Waals surface area contributed by atoms with Gasteiger partial charge in [-0.05, 0) is 19.8 Å². The van der Waals surface area contributed by atoms with E-state index < -0.39 is 0 Å². The number of H-pyrrole nitrogens is 1. The normalized spacial score (nSPS) is 10.9. The Kier molecular flexibility index (Phi) is 6.90. The van der Waals surface area contributed by atoms with E-state index in [-0.39, 0.29) is 0 Å². The standard InChI is InChI=1S/C13H24N2O/c1-3-5-6-7-10-15-11-9-14-13(15)8-12-16-4-2/h9,11H,3-8,10,12H2,1-2H3/p+1. The Morgan fingerprint density at radius 1 is 1.25 bits per heavy atom. The molecule has 0 aliphatic rings. The summed E-state index contributed by atoms with van der Waals surface area (Å²) in [6.07, 6.45) is 10.4. The van der Waals surface area contributed by atoms with Crippen LogP contribution < -0.4 is 4.57 Å². The lowest BCUT2D eigenvalue weighted by Crippen LogP contribution is -2.36. The highest BCUT2D eigenvalue weighted by molar-refractivity contribution is 4.77. The Labute approximate surface area is 98.8 Å². The van der Waals surface area contributed by atoms with Crippen LogP contribution in [0, 0.1) is 0 Å². The molecule has 0 radical (unpaired) electrons. The third-order valence-electron chi connectivity index (χ3n) is 2.79. The second kappa shape index (κ2) is 8.34. The molecule has 0 bridgehead atoms. The van der Waals surface area contributed by atoms with Crippen molar-refractivity contribution in [2.24, 2.45) is 0 Å². The van der Waals surface area contributed by atoms with Crippen molar-refractivity contribution in [2.45, 2.75) is 52.5 Å². The predicted molar refractivity (Wildman–Crippen MR) is 65.3 cm³/mol. The first-order valence-corrected chi connectivity index (χ1v) is 6.52. The summed E-state index contributed by atoms with van der Waals surface area (Å²) in [7, 11) is 0. The Hall–Kier alpha value is -0.830. The maximum Gasteiger partial charge on any atom is 0.256 e. The van der Waals surface area contributed by atoms with Gasteiger partial charge >= 0.3 is 0 Å². The van der Waals surface area contributed by atoms with Gasteiger partial charge in [0.25, 0.3) is 5.82 Å². The molecule has 1 rings (SSSR count). The second-order valence-electron chi connectivity index (χ2n) is 4.11. The van der Waals surface area contributed by atoms with Gasteiger partial charge in [0.15, 0.2) is 0 Å². The number of hydrogen-bond donors (Lipinski definition) is 1. The van der Waals surface area contributed by atoms with E-state index in [1.165, 1.54) is 31.5 Å². The Morgan fingerprint density at radius 2 is 2.12 bits per heavy atom. The van der Waals surface area contributed by atoms with Gasteiger partial charge in [-0.15, -0.1) is 0 Å². The molecule has 16 heavy (non-hydrogen) atoms. The highest BCUT2D eigenvalue weighted by Gasteiger charge is 2.09. The zero-order chi connectivity index (χ0) is 11.6. The monoisotopic (exact) mass is 225 g/mol. The first-order chi connectivity index (χ1) is 7.88. The number of hydrogen-bond acceptors (Lipinski definition) is 1. The lowest BCUT2D eigenvalue weighted by Gasteiger charge is -2.01. The maximum atomic E-state index is 5.37. The van der Waals surface area contributed by atoms with Crippen molar-refractivity contribution in [1.82, 2.24) is 4.98 Å². The van der Waals surface area contributed by atoms with Crippen molar-refractivity contribution in [1.29, 1.82) is 0 Å². The lowest BCUT2D eigenvalue weighted by atomic mass is 10.2. The van der Waals surface area contributed by atoms with Crippen LogP contribution in [0.5, 0.6) is 0 Å². The van der Waals surface area contributed by atoms with Crippen molar-refractivity contribution in [3.63, 3.8) is 0 Å². The highest BCUT2D eigenvalue weighted by Crippen LogP contribution is 1.99. The minimum atomic E-state index is 0.803. The third kappa shape index (κ3) is 4.79. The Balaban J connectivity index is 2.26. The van der Waals surface area contributed by atoms with E-state index in [4.69, 9.17) is 4.74 Å². The van der Waals surface area contributed by atoms with Crippen LogP contribution in [-0.4, -0.2) is 18.2 Å². The summed E-state index contributed by atoms with van der Waals surface area (Å²) >= 11 is 0. The molecule has 3 heteroatoms.